The van der Waals surface area contributed by atoms with Crippen LogP contribution in [0, 0.1) is 5.92 Å². The van der Waals surface area contributed by atoms with Gasteiger partial charge in [0.1, 0.15) is 24.4 Å². The van der Waals surface area contributed by atoms with Crippen LogP contribution in [0.5, 0.6) is 5.75 Å². The number of phenolic OH excluding ortho intramolecular Hbond substituents is 1. The third-order valence-corrected chi connectivity index (χ3v) is 4.85. The van der Waals surface area contributed by atoms with Gasteiger partial charge in [0.15, 0.2) is 0 Å². The Bertz CT molecular complexity index is 1010. The van der Waals surface area contributed by atoms with Crippen LogP contribution in [0.25, 0.3) is 0 Å². The van der Waals surface area contributed by atoms with Crippen LogP contribution in [-0.2, 0) is 36.8 Å². The summed E-state index contributed by atoms with van der Waals surface area (Å²) in [4.78, 5) is 48.1. The first kappa shape index (κ1) is 28.0. The van der Waals surface area contributed by atoms with Crippen molar-refractivity contribution >= 4 is 24.1 Å². The summed E-state index contributed by atoms with van der Waals surface area (Å²) >= 11 is 0. The molecule has 0 radical (unpaired) electrons. The van der Waals surface area contributed by atoms with Crippen LogP contribution in [-0.4, -0.2) is 53.2 Å². The third-order valence-electron chi connectivity index (χ3n) is 4.85. The van der Waals surface area contributed by atoms with E-state index < -0.39 is 43.0 Å². The van der Waals surface area contributed by atoms with E-state index in [2.05, 4.69) is 10.6 Å². The Hall–Kier alpha value is -4.28. The van der Waals surface area contributed by atoms with E-state index in [0.717, 1.165) is 5.56 Å². The molecule has 4 N–H and O–H groups in total. The molecule has 2 aromatic carbocycles. The minimum atomic E-state index is -1.31. The van der Waals surface area contributed by atoms with Gasteiger partial charge in [0, 0.05) is 6.42 Å². The van der Waals surface area contributed by atoms with Crippen molar-refractivity contribution in [3.05, 3.63) is 65.7 Å². The summed E-state index contributed by atoms with van der Waals surface area (Å²) < 4.78 is 14.9. The lowest BCUT2D eigenvalue weighted by molar-refractivity contribution is -0.155. The summed E-state index contributed by atoms with van der Waals surface area (Å²) in [5.74, 6) is -2.09. The Morgan fingerprint density at radius 3 is 2.03 bits per heavy atom. The highest BCUT2D eigenvalue weighted by Gasteiger charge is 2.25. The molecule has 0 aliphatic rings. The largest absolute Gasteiger partial charge is 0.508 e. The molecule has 0 heterocycles. The van der Waals surface area contributed by atoms with Gasteiger partial charge in [0.05, 0.1) is 0 Å². The molecule has 11 nitrogen and oxygen atoms in total. The zero-order valence-electron chi connectivity index (χ0n) is 20.0. The highest BCUT2D eigenvalue weighted by Crippen LogP contribution is 2.12. The average molecular weight is 503 g/mol. The van der Waals surface area contributed by atoms with Gasteiger partial charge in [-0.1, -0.05) is 56.3 Å². The zero-order valence-corrected chi connectivity index (χ0v) is 20.0. The van der Waals surface area contributed by atoms with Crippen molar-refractivity contribution in [3.63, 3.8) is 0 Å². The number of amides is 2. The Kier molecular flexibility index (Phi) is 11.0. The van der Waals surface area contributed by atoms with Crippen LogP contribution in [0.15, 0.2) is 54.6 Å². The van der Waals surface area contributed by atoms with Crippen molar-refractivity contribution in [2.75, 3.05) is 6.79 Å². The molecule has 36 heavy (non-hydrogen) atoms. The summed E-state index contributed by atoms with van der Waals surface area (Å²) in [6.45, 7) is 2.93. The van der Waals surface area contributed by atoms with Crippen LogP contribution in [0.4, 0.5) is 9.59 Å². The fourth-order valence-electron chi connectivity index (χ4n) is 3.09. The number of phenols is 1. The summed E-state index contributed by atoms with van der Waals surface area (Å²) in [5.41, 5.74) is 1.34. The molecular formula is C25H30N2O9. The normalized spacial score (nSPS) is 12.2. The fraction of sp³-hybridized carbons (Fsp3) is 0.360. The number of rotatable bonds is 12. The quantitative estimate of drug-likeness (QED) is 0.253. The third kappa shape index (κ3) is 10.3. The van der Waals surface area contributed by atoms with Crippen LogP contribution < -0.4 is 10.6 Å². The molecule has 0 aliphatic carbocycles. The molecule has 0 saturated carbocycles. The van der Waals surface area contributed by atoms with Gasteiger partial charge < -0.3 is 35.1 Å². The molecule has 0 fully saturated rings. The van der Waals surface area contributed by atoms with E-state index in [0.29, 0.717) is 5.56 Å². The summed E-state index contributed by atoms with van der Waals surface area (Å²) in [6, 6.07) is 12.5. The lowest BCUT2D eigenvalue weighted by Gasteiger charge is -2.19. The second-order valence-corrected chi connectivity index (χ2v) is 8.31. The number of aliphatic carboxylic acids is 1. The van der Waals surface area contributed by atoms with Gasteiger partial charge in [-0.25, -0.2) is 19.2 Å². The maximum atomic E-state index is 12.5. The molecule has 2 aromatic rings. The number of alkyl carbamates (subject to hydrolysis) is 2. The monoisotopic (exact) mass is 502 g/mol. The Balaban J connectivity index is 1.81. The molecule has 2 rings (SSSR count). The fourth-order valence-corrected chi connectivity index (χ4v) is 3.09. The van der Waals surface area contributed by atoms with Gasteiger partial charge in [-0.15, -0.1) is 0 Å². The molecule has 2 atom stereocenters. The number of esters is 1. The number of carbonyl (C=O) groups excluding carboxylic acids is 3. The summed E-state index contributed by atoms with van der Waals surface area (Å²) in [6.07, 6.45) is -1.72. The highest BCUT2D eigenvalue weighted by atomic mass is 16.7. The van der Waals surface area contributed by atoms with Gasteiger partial charge >= 0.3 is 24.1 Å². The van der Waals surface area contributed by atoms with Crippen molar-refractivity contribution in [3.8, 4) is 5.75 Å². The predicted molar refractivity (Wildman–Crippen MR) is 127 cm³/mol. The summed E-state index contributed by atoms with van der Waals surface area (Å²) in [5, 5.41) is 23.3. The van der Waals surface area contributed by atoms with Gasteiger partial charge in [-0.3, -0.25) is 0 Å². The molecule has 0 saturated heterocycles. The minimum absolute atomic E-state index is 0.0221. The van der Waals surface area contributed by atoms with E-state index in [-0.39, 0.29) is 31.1 Å². The molecular weight excluding hydrogens is 472 g/mol. The molecule has 0 aliphatic heterocycles. The second kappa shape index (κ2) is 14.2. The summed E-state index contributed by atoms with van der Waals surface area (Å²) in [7, 11) is 0. The standard InChI is InChI=1S/C25H30N2O9/c1-16(2)12-21(27-24(32)34-14-18-6-4-3-5-7-18)23(31)35-15-36-25(33)26-20(22(29)30)13-17-8-10-19(28)11-9-17/h3-11,16,20-21,28H,12-15H2,1-2H3,(H,26,33)(H,27,32)(H,29,30)/t20-,21+/m0/s1. The van der Waals surface area contributed by atoms with Gasteiger partial charge in [0.2, 0.25) is 6.79 Å². The average Bonchev–Trinajstić information content (AvgIpc) is 2.83. The minimum Gasteiger partial charge on any atom is -0.508 e. The first-order valence-corrected chi connectivity index (χ1v) is 11.2. The molecule has 0 aromatic heterocycles. The van der Waals surface area contributed by atoms with Crippen molar-refractivity contribution in [2.24, 2.45) is 5.92 Å². The lowest BCUT2D eigenvalue weighted by atomic mass is 10.0. The van der Waals surface area contributed by atoms with E-state index in [1.165, 1.54) is 24.3 Å². The number of carboxylic acids is 1. The Morgan fingerprint density at radius 1 is 0.806 bits per heavy atom. The van der Waals surface area contributed by atoms with E-state index in [4.69, 9.17) is 14.2 Å². The maximum absolute atomic E-state index is 12.5. The van der Waals surface area contributed by atoms with E-state index >= 15 is 0 Å². The zero-order chi connectivity index (χ0) is 26.5. The first-order chi connectivity index (χ1) is 17.1. The Labute approximate surface area is 208 Å². The number of ether oxygens (including phenoxy) is 3. The van der Waals surface area contributed by atoms with E-state index in [1.54, 1.807) is 24.3 Å². The van der Waals surface area contributed by atoms with E-state index in [9.17, 15) is 29.4 Å². The molecule has 0 unspecified atom stereocenters. The number of hydrogen-bond acceptors (Lipinski definition) is 8. The number of aromatic hydroxyl groups is 1. The molecule has 0 spiro atoms. The first-order valence-electron chi connectivity index (χ1n) is 11.2. The van der Waals surface area contributed by atoms with Crippen molar-refractivity contribution in [1.82, 2.24) is 10.6 Å². The number of carboxylic acid groups (broad SMARTS) is 1. The van der Waals surface area contributed by atoms with Crippen molar-refractivity contribution < 1.29 is 43.6 Å². The van der Waals surface area contributed by atoms with E-state index in [1.807, 2.05) is 19.9 Å². The van der Waals surface area contributed by atoms with Crippen LogP contribution in [0.1, 0.15) is 31.4 Å². The molecule has 11 heteroatoms. The number of carbonyl (C=O) groups is 4. The maximum Gasteiger partial charge on any atom is 0.410 e. The molecule has 0 bridgehead atoms. The molecule has 2 amide bonds. The van der Waals surface area contributed by atoms with Crippen molar-refractivity contribution in [1.29, 1.82) is 0 Å². The number of nitrogens with one attached hydrogen (secondary N) is 2. The highest BCUT2D eigenvalue weighted by molar-refractivity contribution is 5.82. The number of hydrogen-bond donors (Lipinski definition) is 4. The predicted octanol–water partition coefficient (Wildman–Crippen LogP) is 2.96. The Morgan fingerprint density at radius 2 is 1.42 bits per heavy atom. The van der Waals surface area contributed by atoms with Gasteiger partial charge in [-0.05, 0) is 35.6 Å². The van der Waals surface area contributed by atoms with Crippen LogP contribution in [0.3, 0.4) is 0 Å². The topological polar surface area (TPSA) is 160 Å². The van der Waals surface area contributed by atoms with Crippen LogP contribution >= 0.6 is 0 Å². The molecule has 194 valence electrons. The van der Waals surface area contributed by atoms with Gasteiger partial charge in [-0.2, -0.15) is 0 Å². The van der Waals surface area contributed by atoms with Crippen molar-refractivity contribution in [2.45, 2.75) is 45.4 Å². The smallest absolute Gasteiger partial charge is 0.410 e. The second-order valence-electron chi connectivity index (χ2n) is 8.31. The lowest BCUT2D eigenvalue weighted by Crippen LogP contribution is -2.44. The SMILES string of the molecule is CC(C)C[C@@H](NC(=O)OCc1ccccc1)C(=O)OCOC(=O)N[C@@H](Cc1ccc(O)cc1)C(=O)O. The van der Waals surface area contributed by atoms with Gasteiger partial charge in [0.25, 0.3) is 0 Å². The van der Waals surface area contributed by atoms with Crippen LogP contribution in [0.2, 0.25) is 0 Å². The number of benzene rings is 2.